The quantitative estimate of drug-likeness (QED) is 0.444. The molecule has 0 radical (unpaired) electrons. The number of thiazole rings is 1. The van der Waals surface area contributed by atoms with Gasteiger partial charge in [-0.25, -0.2) is 15.0 Å². The Labute approximate surface area is 182 Å². The minimum absolute atomic E-state index is 0.167. The van der Waals surface area contributed by atoms with Crippen LogP contribution in [0.3, 0.4) is 0 Å². The van der Waals surface area contributed by atoms with Crippen molar-refractivity contribution in [2.45, 2.75) is 18.6 Å². The van der Waals surface area contributed by atoms with Gasteiger partial charge in [0.2, 0.25) is 5.91 Å². The predicted octanol–water partition coefficient (Wildman–Crippen LogP) is 3.50. The number of rotatable bonds is 5. The standard InChI is InChI=1S/C21H22N6OS2/c1-2-27-17-8-4-3-6-15(17)23-21(27)29-14-18(28)25-10-12-26(13-11-25)20-24-16-7-5-9-22-19(16)30-20/h3-9H,2,10-14H2,1H3. The highest BCUT2D eigenvalue weighted by Gasteiger charge is 2.24. The molecule has 30 heavy (non-hydrogen) atoms. The molecule has 1 amide bonds. The van der Waals surface area contributed by atoms with E-state index in [0.717, 1.165) is 51.3 Å². The molecule has 1 aliphatic heterocycles. The summed E-state index contributed by atoms with van der Waals surface area (Å²) in [5.41, 5.74) is 3.04. The third kappa shape index (κ3) is 3.63. The van der Waals surface area contributed by atoms with E-state index < -0.39 is 0 Å². The van der Waals surface area contributed by atoms with Crippen LogP contribution in [-0.4, -0.2) is 62.3 Å². The highest BCUT2D eigenvalue weighted by atomic mass is 32.2. The van der Waals surface area contributed by atoms with Crippen LogP contribution in [0.15, 0.2) is 47.8 Å². The first-order chi connectivity index (χ1) is 14.7. The number of aromatic nitrogens is 4. The molecule has 1 fully saturated rings. The summed E-state index contributed by atoms with van der Waals surface area (Å²) < 4.78 is 2.17. The van der Waals surface area contributed by atoms with E-state index in [9.17, 15) is 4.79 Å². The summed E-state index contributed by atoms with van der Waals surface area (Å²) in [6.45, 7) is 5.97. The number of thioether (sulfide) groups is 1. The van der Waals surface area contributed by atoms with Crippen LogP contribution in [0.5, 0.6) is 0 Å². The molecule has 0 saturated carbocycles. The molecule has 1 saturated heterocycles. The predicted molar refractivity (Wildman–Crippen MR) is 122 cm³/mol. The summed E-state index contributed by atoms with van der Waals surface area (Å²) in [6, 6.07) is 12.0. The van der Waals surface area contributed by atoms with Gasteiger partial charge in [0.25, 0.3) is 0 Å². The minimum atomic E-state index is 0.167. The van der Waals surface area contributed by atoms with Crippen LogP contribution in [0.25, 0.3) is 21.4 Å². The second-order valence-electron chi connectivity index (χ2n) is 7.11. The molecule has 0 atom stereocenters. The van der Waals surface area contributed by atoms with Gasteiger partial charge in [0, 0.05) is 38.9 Å². The molecule has 154 valence electrons. The van der Waals surface area contributed by atoms with Gasteiger partial charge in [0.1, 0.15) is 10.3 Å². The summed E-state index contributed by atoms with van der Waals surface area (Å²) in [5.74, 6) is 0.578. The average molecular weight is 439 g/mol. The first-order valence-electron chi connectivity index (χ1n) is 10.1. The van der Waals surface area contributed by atoms with Crippen molar-refractivity contribution in [2.75, 3.05) is 36.8 Å². The molecule has 9 heteroatoms. The van der Waals surface area contributed by atoms with Crippen molar-refractivity contribution in [3.05, 3.63) is 42.6 Å². The first-order valence-corrected chi connectivity index (χ1v) is 11.9. The zero-order valence-corrected chi connectivity index (χ0v) is 18.3. The number of fused-ring (bicyclic) bond motifs is 2. The molecule has 0 bridgehead atoms. The summed E-state index contributed by atoms with van der Waals surface area (Å²) in [6.07, 6.45) is 1.80. The van der Waals surface area contributed by atoms with Crippen LogP contribution < -0.4 is 4.90 Å². The number of aryl methyl sites for hydroxylation is 1. The zero-order chi connectivity index (χ0) is 20.5. The van der Waals surface area contributed by atoms with E-state index in [2.05, 4.69) is 32.4 Å². The second-order valence-corrected chi connectivity index (χ2v) is 9.01. The Hall–Kier alpha value is -2.65. The van der Waals surface area contributed by atoms with Gasteiger partial charge in [-0.2, -0.15) is 0 Å². The van der Waals surface area contributed by atoms with E-state index in [1.165, 1.54) is 11.8 Å². The number of hydrogen-bond acceptors (Lipinski definition) is 7. The summed E-state index contributed by atoms with van der Waals surface area (Å²) in [5, 5.41) is 1.90. The number of pyridine rings is 1. The summed E-state index contributed by atoms with van der Waals surface area (Å²) in [7, 11) is 0. The molecule has 5 rings (SSSR count). The lowest BCUT2D eigenvalue weighted by atomic mass is 10.3. The fourth-order valence-corrected chi connectivity index (χ4v) is 5.67. The monoisotopic (exact) mass is 438 g/mol. The Morgan fingerprint density at radius 1 is 1.07 bits per heavy atom. The van der Waals surface area contributed by atoms with Crippen molar-refractivity contribution < 1.29 is 4.79 Å². The van der Waals surface area contributed by atoms with Crippen molar-refractivity contribution in [1.29, 1.82) is 0 Å². The molecule has 1 aliphatic rings. The molecule has 0 spiro atoms. The lowest BCUT2D eigenvalue weighted by Crippen LogP contribution is -2.49. The summed E-state index contributed by atoms with van der Waals surface area (Å²) >= 11 is 3.14. The number of para-hydroxylation sites is 2. The lowest BCUT2D eigenvalue weighted by molar-refractivity contribution is -0.128. The van der Waals surface area contributed by atoms with Crippen LogP contribution in [0.4, 0.5) is 5.13 Å². The van der Waals surface area contributed by atoms with Crippen LogP contribution in [0.2, 0.25) is 0 Å². The summed E-state index contributed by atoms with van der Waals surface area (Å²) in [4.78, 5) is 31.7. The Bertz CT molecular complexity index is 1160. The van der Waals surface area contributed by atoms with Gasteiger partial charge in [0.05, 0.1) is 16.8 Å². The number of nitrogens with zero attached hydrogens (tertiary/aromatic N) is 6. The van der Waals surface area contributed by atoms with Gasteiger partial charge in [-0.15, -0.1) is 0 Å². The van der Waals surface area contributed by atoms with Gasteiger partial charge in [-0.3, -0.25) is 4.79 Å². The molecule has 4 heterocycles. The highest BCUT2D eigenvalue weighted by Crippen LogP contribution is 2.28. The van der Waals surface area contributed by atoms with Crippen molar-refractivity contribution in [3.8, 4) is 0 Å². The first kappa shape index (κ1) is 19.3. The molecule has 3 aromatic heterocycles. The number of carbonyl (C=O) groups is 1. The van der Waals surface area contributed by atoms with Crippen LogP contribution >= 0.6 is 23.1 Å². The van der Waals surface area contributed by atoms with Crippen LogP contribution in [0, 0.1) is 0 Å². The largest absolute Gasteiger partial charge is 0.344 e. The third-order valence-corrected chi connectivity index (χ3v) is 7.32. The van der Waals surface area contributed by atoms with Crippen LogP contribution in [0.1, 0.15) is 6.92 Å². The molecule has 0 N–H and O–H groups in total. The highest BCUT2D eigenvalue weighted by molar-refractivity contribution is 7.99. The second kappa shape index (κ2) is 8.23. The van der Waals surface area contributed by atoms with E-state index in [4.69, 9.17) is 4.98 Å². The smallest absolute Gasteiger partial charge is 0.233 e. The molecule has 4 aromatic rings. The number of carbonyl (C=O) groups excluding carboxylic acids is 1. The van der Waals surface area contributed by atoms with Crippen molar-refractivity contribution in [3.63, 3.8) is 0 Å². The number of piperazine rings is 1. The number of hydrogen-bond donors (Lipinski definition) is 0. The molecule has 0 aliphatic carbocycles. The number of anilines is 1. The maximum absolute atomic E-state index is 12.8. The van der Waals surface area contributed by atoms with E-state index in [1.54, 1.807) is 17.5 Å². The maximum Gasteiger partial charge on any atom is 0.233 e. The Kier molecular flexibility index (Phi) is 5.30. The van der Waals surface area contributed by atoms with Gasteiger partial charge in [-0.1, -0.05) is 35.2 Å². The normalized spacial score (nSPS) is 14.7. The Balaban J connectivity index is 1.20. The van der Waals surface area contributed by atoms with Gasteiger partial charge in [0.15, 0.2) is 10.3 Å². The average Bonchev–Trinajstić information content (AvgIpc) is 3.38. The topological polar surface area (TPSA) is 67.2 Å². The van der Waals surface area contributed by atoms with Crippen molar-refractivity contribution in [2.24, 2.45) is 0 Å². The number of amides is 1. The van der Waals surface area contributed by atoms with Crippen LogP contribution in [-0.2, 0) is 11.3 Å². The SMILES string of the molecule is CCn1c(SCC(=O)N2CCN(c3nc4cccnc4s3)CC2)nc2ccccc21. The van der Waals surface area contributed by atoms with E-state index in [-0.39, 0.29) is 5.91 Å². The molecule has 1 aromatic carbocycles. The maximum atomic E-state index is 12.8. The van der Waals surface area contributed by atoms with E-state index >= 15 is 0 Å². The van der Waals surface area contributed by atoms with Gasteiger partial charge >= 0.3 is 0 Å². The molecular weight excluding hydrogens is 416 g/mol. The Morgan fingerprint density at radius 2 is 1.87 bits per heavy atom. The zero-order valence-electron chi connectivity index (χ0n) is 16.7. The fraction of sp³-hybridized carbons (Fsp3) is 0.333. The van der Waals surface area contributed by atoms with Gasteiger partial charge in [-0.05, 0) is 31.2 Å². The number of benzene rings is 1. The Morgan fingerprint density at radius 3 is 2.67 bits per heavy atom. The van der Waals surface area contributed by atoms with E-state index in [1.807, 2.05) is 35.2 Å². The third-order valence-electron chi connectivity index (χ3n) is 5.32. The fourth-order valence-electron chi connectivity index (χ4n) is 3.73. The van der Waals surface area contributed by atoms with E-state index in [0.29, 0.717) is 18.8 Å². The van der Waals surface area contributed by atoms with Crippen molar-refractivity contribution in [1.82, 2.24) is 24.4 Å². The van der Waals surface area contributed by atoms with Gasteiger partial charge < -0.3 is 14.4 Å². The minimum Gasteiger partial charge on any atom is -0.344 e. The number of imidazole rings is 1. The molecule has 7 nitrogen and oxygen atoms in total. The molecular formula is C21H22N6OS2. The van der Waals surface area contributed by atoms with Crippen molar-refractivity contribution >= 4 is 55.5 Å². The lowest BCUT2D eigenvalue weighted by Gasteiger charge is -2.34. The molecule has 0 unspecified atom stereocenters.